The molecule has 1 heterocycles. The Bertz CT molecular complexity index is 933. The number of carbonyl (C=O) groups excluding carboxylic acids is 1. The first-order valence-electron chi connectivity index (χ1n) is 7.61. The molecule has 0 spiro atoms. The standard InChI is InChI=1S/C17H16N4O4/c1-10(17(22)20-12-3-6-14(7-4-12)21(23)24)18-13-5-8-16-15(9-13)19-11(2)25-16/h3-10,18H,1-2H3,(H,20,22)/t10-/m0/s1. The van der Waals surface area contributed by atoms with Gasteiger partial charge in [0.15, 0.2) is 11.5 Å². The molecular formula is C17H16N4O4. The highest BCUT2D eigenvalue weighted by Crippen LogP contribution is 2.21. The summed E-state index contributed by atoms with van der Waals surface area (Å²) >= 11 is 0. The van der Waals surface area contributed by atoms with Crippen LogP contribution in [0.2, 0.25) is 0 Å². The number of nitro benzene ring substituents is 1. The van der Waals surface area contributed by atoms with Crippen molar-refractivity contribution in [1.82, 2.24) is 4.98 Å². The molecule has 2 N–H and O–H groups in total. The van der Waals surface area contributed by atoms with Crippen LogP contribution in [0.4, 0.5) is 17.1 Å². The van der Waals surface area contributed by atoms with Gasteiger partial charge in [0.1, 0.15) is 11.6 Å². The van der Waals surface area contributed by atoms with E-state index in [-0.39, 0.29) is 11.6 Å². The number of aryl methyl sites for hydroxylation is 1. The van der Waals surface area contributed by atoms with Crippen molar-refractivity contribution < 1.29 is 14.1 Å². The Morgan fingerprint density at radius 1 is 1.20 bits per heavy atom. The molecule has 0 fully saturated rings. The van der Waals surface area contributed by atoms with Crippen LogP contribution < -0.4 is 10.6 Å². The first kappa shape index (κ1) is 16.4. The number of rotatable bonds is 5. The molecule has 0 bridgehead atoms. The monoisotopic (exact) mass is 340 g/mol. The average Bonchev–Trinajstić information content (AvgIpc) is 2.94. The topological polar surface area (TPSA) is 110 Å². The maximum Gasteiger partial charge on any atom is 0.269 e. The summed E-state index contributed by atoms with van der Waals surface area (Å²) in [6, 6.07) is 10.6. The lowest BCUT2D eigenvalue weighted by Crippen LogP contribution is -2.31. The van der Waals surface area contributed by atoms with E-state index in [1.807, 2.05) is 12.1 Å². The van der Waals surface area contributed by atoms with Crippen molar-refractivity contribution in [3.63, 3.8) is 0 Å². The molecule has 8 nitrogen and oxygen atoms in total. The molecule has 0 unspecified atom stereocenters. The molecule has 0 saturated heterocycles. The molecular weight excluding hydrogens is 324 g/mol. The lowest BCUT2D eigenvalue weighted by atomic mass is 10.2. The Labute approximate surface area is 143 Å². The lowest BCUT2D eigenvalue weighted by Gasteiger charge is -2.15. The Morgan fingerprint density at radius 2 is 1.88 bits per heavy atom. The molecule has 1 aromatic heterocycles. The van der Waals surface area contributed by atoms with E-state index in [4.69, 9.17) is 4.42 Å². The highest BCUT2D eigenvalue weighted by atomic mass is 16.6. The van der Waals surface area contributed by atoms with Gasteiger partial charge in [-0.3, -0.25) is 14.9 Å². The van der Waals surface area contributed by atoms with Crippen LogP contribution in [-0.4, -0.2) is 21.9 Å². The van der Waals surface area contributed by atoms with Gasteiger partial charge < -0.3 is 15.1 Å². The highest BCUT2D eigenvalue weighted by molar-refractivity contribution is 5.96. The molecule has 0 radical (unpaired) electrons. The zero-order chi connectivity index (χ0) is 18.0. The fraction of sp³-hybridized carbons (Fsp3) is 0.176. The number of fused-ring (bicyclic) bond motifs is 1. The van der Waals surface area contributed by atoms with Crippen molar-refractivity contribution in [2.75, 3.05) is 10.6 Å². The summed E-state index contributed by atoms with van der Waals surface area (Å²) in [4.78, 5) is 26.7. The summed E-state index contributed by atoms with van der Waals surface area (Å²) in [6.07, 6.45) is 0. The molecule has 0 saturated carbocycles. The maximum absolute atomic E-state index is 12.3. The number of carbonyl (C=O) groups is 1. The number of non-ortho nitro benzene ring substituents is 1. The fourth-order valence-electron chi connectivity index (χ4n) is 2.36. The molecule has 0 aliphatic heterocycles. The third-order valence-electron chi connectivity index (χ3n) is 3.62. The molecule has 25 heavy (non-hydrogen) atoms. The van der Waals surface area contributed by atoms with E-state index in [1.54, 1.807) is 19.9 Å². The largest absolute Gasteiger partial charge is 0.441 e. The van der Waals surface area contributed by atoms with Crippen molar-refractivity contribution in [3.05, 3.63) is 58.5 Å². The van der Waals surface area contributed by atoms with Crippen molar-refractivity contribution in [1.29, 1.82) is 0 Å². The number of oxazole rings is 1. The van der Waals surface area contributed by atoms with Crippen LogP contribution in [0, 0.1) is 17.0 Å². The zero-order valence-electron chi connectivity index (χ0n) is 13.6. The number of hydrogen-bond donors (Lipinski definition) is 2. The number of nitrogens with zero attached hydrogens (tertiary/aromatic N) is 2. The Kier molecular flexibility index (Phi) is 4.34. The second-order valence-corrected chi connectivity index (χ2v) is 5.57. The van der Waals surface area contributed by atoms with Gasteiger partial charge in [-0.1, -0.05) is 0 Å². The van der Waals surface area contributed by atoms with Gasteiger partial charge in [-0.05, 0) is 37.3 Å². The van der Waals surface area contributed by atoms with Gasteiger partial charge in [0, 0.05) is 30.4 Å². The molecule has 128 valence electrons. The quantitative estimate of drug-likeness (QED) is 0.543. The normalized spacial score (nSPS) is 11.9. The van der Waals surface area contributed by atoms with E-state index in [2.05, 4.69) is 15.6 Å². The third-order valence-corrected chi connectivity index (χ3v) is 3.62. The lowest BCUT2D eigenvalue weighted by molar-refractivity contribution is -0.384. The van der Waals surface area contributed by atoms with Crippen LogP contribution in [-0.2, 0) is 4.79 Å². The summed E-state index contributed by atoms with van der Waals surface area (Å²) in [5.74, 6) is 0.321. The Hall–Kier alpha value is -3.42. The zero-order valence-corrected chi connectivity index (χ0v) is 13.6. The molecule has 0 aliphatic carbocycles. The fourth-order valence-corrected chi connectivity index (χ4v) is 2.36. The van der Waals surface area contributed by atoms with Gasteiger partial charge in [-0.25, -0.2) is 4.98 Å². The molecule has 8 heteroatoms. The highest BCUT2D eigenvalue weighted by Gasteiger charge is 2.14. The molecule has 1 amide bonds. The van der Waals surface area contributed by atoms with Crippen molar-refractivity contribution in [3.8, 4) is 0 Å². The predicted molar refractivity (Wildman–Crippen MR) is 93.6 cm³/mol. The van der Waals surface area contributed by atoms with Crippen LogP contribution in [0.15, 0.2) is 46.9 Å². The Balaban J connectivity index is 1.65. The van der Waals surface area contributed by atoms with Crippen molar-refractivity contribution in [2.45, 2.75) is 19.9 Å². The first-order valence-corrected chi connectivity index (χ1v) is 7.61. The molecule has 0 aliphatic rings. The average molecular weight is 340 g/mol. The van der Waals surface area contributed by atoms with E-state index in [0.717, 1.165) is 5.69 Å². The number of amides is 1. The minimum Gasteiger partial charge on any atom is -0.441 e. The van der Waals surface area contributed by atoms with E-state index in [9.17, 15) is 14.9 Å². The minimum atomic E-state index is -0.513. The van der Waals surface area contributed by atoms with E-state index >= 15 is 0 Å². The molecule has 3 rings (SSSR count). The van der Waals surface area contributed by atoms with Crippen molar-refractivity contribution in [2.24, 2.45) is 0 Å². The van der Waals surface area contributed by atoms with Crippen LogP contribution >= 0.6 is 0 Å². The minimum absolute atomic E-state index is 0.0274. The second kappa shape index (κ2) is 6.60. The predicted octanol–water partition coefficient (Wildman–Crippen LogP) is 3.48. The summed E-state index contributed by atoms with van der Waals surface area (Å²) in [6.45, 7) is 3.49. The third kappa shape index (κ3) is 3.74. The number of nitrogens with one attached hydrogen (secondary N) is 2. The summed E-state index contributed by atoms with van der Waals surface area (Å²) in [7, 11) is 0. The van der Waals surface area contributed by atoms with Crippen LogP contribution in [0.5, 0.6) is 0 Å². The number of anilines is 2. The van der Waals surface area contributed by atoms with Gasteiger partial charge in [0.2, 0.25) is 5.91 Å². The van der Waals surface area contributed by atoms with Crippen LogP contribution in [0.1, 0.15) is 12.8 Å². The maximum atomic E-state index is 12.3. The molecule has 3 aromatic rings. The van der Waals surface area contributed by atoms with E-state index < -0.39 is 11.0 Å². The van der Waals surface area contributed by atoms with E-state index in [1.165, 1.54) is 24.3 Å². The first-order chi connectivity index (χ1) is 11.9. The number of benzene rings is 2. The molecule has 1 atom stereocenters. The number of nitro groups is 1. The van der Waals surface area contributed by atoms with Gasteiger partial charge in [-0.2, -0.15) is 0 Å². The smallest absolute Gasteiger partial charge is 0.269 e. The van der Waals surface area contributed by atoms with Gasteiger partial charge in [-0.15, -0.1) is 0 Å². The summed E-state index contributed by atoms with van der Waals surface area (Å²) < 4.78 is 5.41. The van der Waals surface area contributed by atoms with E-state index in [0.29, 0.717) is 22.7 Å². The van der Waals surface area contributed by atoms with Gasteiger partial charge in [0.25, 0.3) is 5.69 Å². The number of hydrogen-bond acceptors (Lipinski definition) is 6. The van der Waals surface area contributed by atoms with Crippen molar-refractivity contribution >= 4 is 34.1 Å². The van der Waals surface area contributed by atoms with Gasteiger partial charge >= 0.3 is 0 Å². The number of aromatic nitrogens is 1. The SMILES string of the molecule is Cc1nc2cc(N[C@@H](C)C(=O)Nc3ccc([N+](=O)[O-])cc3)ccc2o1. The molecule has 2 aromatic carbocycles. The second-order valence-electron chi connectivity index (χ2n) is 5.57. The van der Waals surface area contributed by atoms with Crippen LogP contribution in [0.3, 0.4) is 0 Å². The Morgan fingerprint density at radius 3 is 2.56 bits per heavy atom. The summed E-state index contributed by atoms with van der Waals surface area (Å²) in [5.41, 5.74) is 2.61. The van der Waals surface area contributed by atoms with Gasteiger partial charge in [0.05, 0.1) is 4.92 Å². The van der Waals surface area contributed by atoms with Crippen LogP contribution in [0.25, 0.3) is 11.1 Å². The summed E-state index contributed by atoms with van der Waals surface area (Å²) in [5, 5.41) is 16.4.